The number of halogens is 2. The number of aromatic nitrogens is 1. The van der Waals surface area contributed by atoms with E-state index < -0.39 is 55.0 Å². The first-order valence-corrected chi connectivity index (χ1v) is 12.3. The summed E-state index contributed by atoms with van der Waals surface area (Å²) < 4.78 is 46.6. The molecular weight excluding hydrogens is 498 g/mol. The molecule has 2 aromatic carbocycles. The molecule has 10 heteroatoms. The number of ketones is 1. The van der Waals surface area contributed by atoms with Gasteiger partial charge >= 0.3 is 12.1 Å². The van der Waals surface area contributed by atoms with E-state index in [1.165, 1.54) is 0 Å². The molecule has 0 saturated carbocycles. The highest BCUT2D eigenvalue weighted by atomic mass is 19.3. The van der Waals surface area contributed by atoms with Crippen LogP contribution in [0.2, 0.25) is 0 Å². The Bertz CT molecular complexity index is 1440. The van der Waals surface area contributed by atoms with Crippen LogP contribution < -0.4 is 4.74 Å². The zero-order valence-corrected chi connectivity index (χ0v) is 21.5. The van der Waals surface area contributed by atoms with Gasteiger partial charge in [-0.1, -0.05) is 24.3 Å². The van der Waals surface area contributed by atoms with Crippen LogP contribution in [0.15, 0.2) is 48.5 Å². The third-order valence-corrected chi connectivity index (χ3v) is 6.50. The number of hydrogen-bond donors (Lipinski definition) is 0. The number of ether oxygens (including phenoxy) is 3. The van der Waals surface area contributed by atoms with E-state index in [9.17, 15) is 23.2 Å². The molecule has 3 aromatic rings. The Kier molecular flexibility index (Phi) is 6.16. The number of fused-ring (bicyclic) bond motifs is 5. The van der Waals surface area contributed by atoms with Crippen LogP contribution in [0.25, 0.3) is 22.2 Å². The Morgan fingerprint density at radius 1 is 1.11 bits per heavy atom. The standard InChI is InChI=1S/C28H28F2N2O6/c1-16-32-20-8-6-5-7-17(20)11-21(32)19-10-9-18(12-24(19)37-16)23(33)14-36-25(34)22-13-28(29,30)15-31(22)26(35)38-27(2,3)4/h5-12,16,22H,13-15H2,1-4H3. The SMILES string of the molecule is CC1Oc2cc(C(=O)COC(=O)C3CC(F)(F)CN3C(=O)OC(C)(C)C)ccc2-c2cc3ccccc3n21. The molecule has 3 heterocycles. The lowest BCUT2D eigenvalue weighted by Crippen LogP contribution is -2.44. The van der Waals surface area contributed by atoms with Crippen LogP contribution in [0, 0.1) is 0 Å². The molecule has 1 fully saturated rings. The van der Waals surface area contributed by atoms with Crippen molar-refractivity contribution in [3.63, 3.8) is 0 Å². The van der Waals surface area contributed by atoms with Crippen molar-refractivity contribution in [3.05, 3.63) is 54.1 Å². The normalized spacial score (nSPS) is 19.9. The van der Waals surface area contributed by atoms with E-state index in [1.807, 2.05) is 31.2 Å². The van der Waals surface area contributed by atoms with Crippen molar-refractivity contribution >= 4 is 28.7 Å². The van der Waals surface area contributed by atoms with E-state index >= 15 is 0 Å². The van der Waals surface area contributed by atoms with Gasteiger partial charge < -0.3 is 18.8 Å². The first kappa shape index (κ1) is 25.7. The Morgan fingerprint density at radius 3 is 2.58 bits per heavy atom. The summed E-state index contributed by atoms with van der Waals surface area (Å²) in [5.41, 5.74) is 2.11. The van der Waals surface area contributed by atoms with Crippen LogP contribution in [0.4, 0.5) is 13.6 Å². The van der Waals surface area contributed by atoms with E-state index in [1.54, 1.807) is 39.0 Å². The molecule has 1 amide bonds. The summed E-state index contributed by atoms with van der Waals surface area (Å²) in [4.78, 5) is 38.6. The van der Waals surface area contributed by atoms with Gasteiger partial charge in [0.25, 0.3) is 5.92 Å². The fourth-order valence-electron chi connectivity index (χ4n) is 4.87. The first-order valence-electron chi connectivity index (χ1n) is 12.3. The Labute approximate surface area is 218 Å². The van der Waals surface area contributed by atoms with Crippen molar-refractivity contribution in [2.24, 2.45) is 0 Å². The molecule has 0 bridgehead atoms. The van der Waals surface area contributed by atoms with E-state index in [2.05, 4.69) is 10.6 Å². The van der Waals surface area contributed by atoms with Gasteiger partial charge in [-0.2, -0.15) is 0 Å². The molecule has 38 heavy (non-hydrogen) atoms. The van der Waals surface area contributed by atoms with Crippen LogP contribution in [-0.4, -0.2) is 58.0 Å². The number of alkyl halides is 2. The topological polar surface area (TPSA) is 87.1 Å². The second-order valence-corrected chi connectivity index (χ2v) is 10.6. The van der Waals surface area contributed by atoms with Crippen molar-refractivity contribution in [2.45, 2.75) is 57.9 Å². The monoisotopic (exact) mass is 526 g/mol. The van der Waals surface area contributed by atoms with Crippen LogP contribution in [0.5, 0.6) is 5.75 Å². The molecule has 2 aliphatic heterocycles. The second-order valence-electron chi connectivity index (χ2n) is 10.6. The molecule has 0 N–H and O–H groups in total. The second kappa shape index (κ2) is 9.11. The number of rotatable bonds is 4. The van der Waals surface area contributed by atoms with Gasteiger partial charge in [-0.05, 0) is 52.0 Å². The van der Waals surface area contributed by atoms with Crippen LogP contribution >= 0.6 is 0 Å². The van der Waals surface area contributed by atoms with Gasteiger partial charge in [0.15, 0.2) is 18.6 Å². The fourth-order valence-corrected chi connectivity index (χ4v) is 4.87. The largest absolute Gasteiger partial charge is 0.470 e. The van der Waals surface area contributed by atoms with Gasteiger partial charge in [0.05, 0.1) is 17.8 Å². The summed E-state index contributed by atoms with van der Waals surface area (Å²) in [6, 6.07) is 13.4. The predicted molar refractivity (Wildman–Crippen MR) is 134 cm³/mol. The summed E-state index contributed by atoms with van der Waals surface area (Å²) >= 11 is 0. The molecule has 2 atom stereocenters. The van der Waals surface area contributed by atoms with Gasteiger partial charge in [0.1, 0.15) is 17.4 Å². The maximum Gasteiger partial charge on any atom is 0.411 e. The summed E-state index contributed by atoms with van der Waals surface area (Å²) in [6.07, 6.45) is -2.26. The van der Waals surface area contributed by atoms with Crippen molar-refractivity contribution in [2.75, 3.05) is 13.2 Å². The van der Waals surface area contributed by atoms with Crippen LogP contribution in [-0.2, 0) is 14.3 Å². The van der Waals surface area contributed by atoms with Crippen molar-refractivity contribution in [1.29, 1.82) is 0 Å². The number of benzene rings is 2. The highest BCUT2D eigenvalue weighted by Crippen LogP contribution is 2.42. The minimum atomic E-state index is -3.28. The molecule has 2 unspecified atom stereocenters. The zero-order chi connectivity index (χ0) is 27.4. The summed E-state index contributed by atoms with van der Waals surface area (Å²) in [6.45, 7) is 5.04. The third-order valence-electron chi connectivity index (χ3n) is 6.50. The maximum atomic E-state index is 14.1. The van der Waals surface area contributed by atoms with Gasteiger partial charge in [0.2, 0.25) is 0 Å². The van der Waals surface area contributed by atoms with Gasteiger partial charge in [-0.3, -0.25) is 9.69 Å². The Morgan fingerprint density at radius 2 is 1.84 bits per heavy atom. The van der Waals surface area contributed by atoms with Crippen LogP contribution in [0.3, 0.4) is 0 Å². The quantitative estimate of drug-likeness (QED) is 0.325. The smallest absolute Gasteiger partial charge is 0.411 e. The Balaban J connectivity index is 1.30. The summed E-state index contributed by atoms with van der Waals surface area (Å²) in [5.74, 6) is -4.39. The maximum absolute atomic E-state index is 14.1. The lowest BCUT2D eigenvalue weighted by molar-refractivity contribution is -0.147. The molecular formula is C28H28F2N2O6. The highest BCUT2D eigenvalue weighted by Gasteiger charge is 2.52. The van der Waals surface area contributed by atoms with Gasteiger partial charge in [-0.15, -0.1) is 0 Å². The first-order chi connectivity index (χ1) is 17.8. The molecule has 1 saturated heterocycles. The van der Waals surface area contributed by atoms with E-state index in [4.69, 9.17) is 14.2 Å². The molecule has 5 rings (SSSR count). The number of nitrogens with zero attached hydrogens (tertiary/aromatic N) is 2. The highest BCUT2D eigenvalue weighted by molar-refractivity contribution is 6.00. The molecule has 8 nitrogen and oxygen atoms in total. The molecule has 0 spiro atoms. The van der Waals surface area contributed by atoms with Crippen molar-refractivity contribution < 1.29 is 37.4 Å². The van der Waals surface area contributed by atoms with E-state index in [-0.39, 0.29) is 11.8 Å². The lowest BCUT2D eigenvalue weighted by atomic mass is 10.0. The number of Topliss-reactive ketones (excluding diaryl/α,β-unsaturated/α-hetero) is 1. The number of carbonyl (C=O) groups excluding carboxylic acids is 3. The average molecular weight is 527 g/mol. The van der Waals surface area contributed by atoms with Crippen LogP contribution in [0.1, 0.15) is 50.7 Å². The molecule has 1 aromatic heterocycles. The lowest BCUT2D eigenvalue weighted by Gasteiger charge is -2.28. The predicted octanol–water partition coefficient (Wildman–Crippen LogP) is 5.59. The fraction of sp³-hybridized carbons (Fsp3) is 0.393. The number of esters is 1. The zero-order valence-electron chi connectivity index (χ0n) is 21.5. The van der Waals surface area contributed by atoms with E-state index in [0.717, 1.165) is 22.2 Å². The van der Waals surface area contributed by atoms with E-state index in [0.29, 0.717) is 10.6 Å². The number of amides is 1. The van der Waals surface area contributed by atoms with Gasteiger partial charge in [0, 0.05) is 22.9 Å². The number of para-hydroxylation sites is 1. The molecule has 0 aliphatic carbocycles. The number of hydrogen-bond acceptors (Lipinski definition) is 6. The summed E-state index contributed by atoms with van der Waals surface area (Å²) in [7, 11) is 0. The number of likely N-dealkylation sites (tertiary alicyclic amines) is 1. The molecule has 0 radical (unpaired) electrons. The van der Waals surface area contributed by atoms with Crippen molar-refractivity contribution in [1.82, 2.24) is 9.47 Å². The minimum absolute atomic E-state index is 0.245. The van der Waals surface area contributed by atoms with Crippen molar-refractivity contribution in [3.8, 4) is 17.0 Å². The summed E-state index contributed by atoms with van der Waals surface area (Å²) in [5, 5.41) is 1.07. The number of carbonyl (C=O) groups is 3. The Hall–Kier alpha value is -3.95. The average Bonchev–Trinajstić information content (AvgIpc) is 3.39. The molecule has 200 valence electrons. The molecule has 2 aliphatic rings. The third kappa shape index (κ3) is 4.82. The van der Waals surface area contributed by atoms with Gasteiger partial charge in [-0.25, -0.2) is 18.4 Å². The minimum Gasteiger partial charge on any atom is -0.470 e.